The van der Waals surface area contributed by atoms with Crippen molar-refractivity contribution in [2.24, 2.45) is 0 Å². The van der Waals surface area contributed by atoms with Gasteiger partial charge in [0.2, 0.25) is 5.91 Å². The zero-order valence-corrected chi connectivity index (χ0v) is 13.8. The second-order valence-corrected chi connectivity index (χ2v) is 6.00. The molecule has 1 aromatic carbocycles. The average molecular weight is 326 g/mol. The van der Waals surface area contributed by atoms with Crippen molar-refractivity contribution in [2.75, 3.05) is 6.54 Å². The molecule has 0 bridgehead atoms. The predicted octanol–water partition coefficient (Wildman–Crippen LogP) is 1.82. The van der Waals surface area contributed by atoms with E-state index in [-0.39, 0.29) is 11.8 Å². The van der Waals surface area contributed by atoms with Crippen LogP contribution in [0, 0.1) is 0 Å². The molecule has 6 nitrogen and oxygen atoms in total. The molecule has 1 saturated heterocycles. The van der Waals surface area contributed by atoms with Gasteiger partial charge in [-0.25, -0.2) is 0 Å². The van der Waals surface area contributed by atoms with E-state index >= 15 is 0 Å². The summed E-state index contributed by atoms with van der Waals surface area (Å²) in [5, 5.41) is 6.95. The lowest BCUT2D eigenvalue weighted by molar-refractivity contribution is -0.136. The van der Waals surface area contributed by atoms with E-state index in [4.69, 9.17) is 0 Å². The molecule has 126 valence electrons. The van der Waals surface area contributed by atoms with Gasteiger partial charge in [0.05, 0.1) is 11.8 Å². The van der Waals surface area contributed by atoms with Crippen LogP contribution in [0.4, 0.5) is 0 Å². The largest absolute Gasteiger partial charge is 0.340 e. The summed E-state index contributed by atoms with van der Waals surface area (Å²) in [5.74, 6) is -0.254. The number of amides is 2. The number of rotatable bonds is 5. The Morgan fingerprint density at radius 2 is 2.12 bits per heavy atom. The molecule has 1 aromatic heterocycles. The first kappa shape index (κ1) is 16.2. The molecule has 0 saturated carbocycles. The highest BCUT2D eigenvalue weighted by atomic mass is 16.2. The molecular formula is C18H22N4O2. The summed E-state index contributed by atoms with van der Waals surface area (Å²) < 4.78 is 1.69. The Bertz CT molecular complexity index is 711. The van der Waals surface area contributed by atoms with Crippen LogP contribution in [0.25, 0.3) is 0 Å². The van der Waals surface area contributed by atoms with Gasteiger partial charge in [0.15, 0.2) is 0 Å². The number of piperidine rings is 1. The van der Waals surface area contributed by atoms with Crippen LogP contribution in [0.3, 0.4) is 0 Å². The molecule has 1 aliphatic heterocycles. The number of hydrogen-bond acceptors (Lipinski definition) is 3. The van der Waals surface area contributed by atoms with Gasteiger partial charge >= 0.3 is 0 Å². The maximum atomic E-state index is 12.6. The van der Waals surface area contributed by atoms with Crippen LogP contribution in [0.1, 0.15) is 35.7 Å². The quantitative estimate of drug-likeness (QED) is 0.911. The van der Waals surface area contributed by atoms with Gasteiger partial charge in [-0.15, -0.1) is 0 Å². The van der Waals surface area contributed by atoms with E-state index in [0.717, 1.165) is 18.5 Å². The van der Waals surface area contributed by atoms with E-state index in [1.165, 1.54) is 6.20 Å². The predicted molar refractivity (Wildman–Crippen MR) is 90.2 cm³/mol. The lowest BCUT2D eigenvalue weighted by atomic mass is 10.0. The minimum Gasteiger partial charge on any atom is -0.340 e. The molecule has 1 aliphatic rings. The van der Waals surface area contributed by atoms with Gasteiger partial charge in [0.25, 0.3) is 5.91 Å². The molecule has 3 rings (SSSR count). The molecule has 1 unspecified atom stereocenters. The molecule has 24 heavy (non-hydrogen) atoms. The van der Waals surface area contributed by atoms with Gasteiger partial charge in [-0.3, -0.25) is 14.3 Å². The van der Waals surface area contributed by atoms with Gasteiger partial charge < -0.3 is 10.2 Å². The number of nitrogens with one attached hydrogen (secondary N) is 1. The Balaban J connectivity index is 1.63. The minimum absolute atomic E-state index is 0.0127. The van der Waals surface area contributed by atoms with E-state index in [9.17, 15) is 9.59 Å². The third kappa shape index (κ3) is 3.64. The highest BCUT2D eigenvalue weighted by molar-refractivity contribution is 5.97. The maximum Gasteiger partial charge on any atom is 0.255 e. The van der Waals surface area contributed by atoms with E-state index < -0.39 is 6.04 Å². The van der Waals surface area contributed by atoms with Crippen LogP contribution in [0.15, 0.2) is 42.7 Å². The summed E-state index contributed by atoms with van der Waals surface area (Å²) in [6.45, 7) is 3.98. The van der Waals surface area contributed by atoms with Crippen LogP contribution < -0.4 is 5.32 Å². The molecule has 2 amide bonds. The van der Waals surface area contributed by atoms with E-state index in [1.807, 2.05) is 42.2 Å². The number of aromatic nitrogens is 2. The maximum absolute atomic E-state index is 12.6. The summed E-state index contributed by atoms with van der Waals surface area (Å²) in [5.41, 5.74) is 1.59. The minimum atomic E-state index is -0.458. The topological polar surface area (TPSA) is 67.2 Å². The lowest BCUT2D eigenvalue weighted by Crippen LogP contribution is -2.51. The summed E-state index contributed by atoms with van der Waals surface area (Å²) in [6.07, 6.45) is 4.80. The van der Waals surface area contributed by atoms with Crippen molar-refractivity contribution in [1.82, 2.24) is 20.0 Å². The number of benzene rings is 1. The standard InChI is InChI=1S/C18H22N4O2/c1-2-22-13-15(11-19-22)17(23)20-16-9-6-10-21(18(16)24)12-14-7-4-3-5-8-14/h3-5,7-8,11,13,16H,2,6,9-10,12H2,1H3,(H,20,23). The normalized spacial score (nSPS) is 17.8. The number of hydrogen-bond donors (Lipinski definition) is 1. The second-order valence-electron chi connectivity index (χ2n) is 6.00. The van der Waals surface area contributed by atoms with Crippen LogP contribution in [0.5, 0.6) is 0 Å². The fraction of sp³-hybridized carbons (Fsp3) is 0.389. The highest BCUT2D eigenvalue weighted by Gasteiger charge is 2.30. The van der Waals surface area contributed by atoms with Crippen LogP contribution in [-0.4, -0.2) is 39.1 Å². The smallest absolute Gasteiger partial charge is 0.255 e. The SMILES string of the molecule is CCn1cc(C(=O)NC2CCCN(Cc3ccccc3)C2=O)cn1. The van der Waals surface area contributed by atoms with Gasteiger partial charge in [0.1, 0.15) is 6.04 Å². The Morgan fingerprint density at radius 3 is 2.83 bits per heavy atom. The van der Waals surface area contributed by atoms with Crippen molar-refractivity contribution in [3.05, 3.63) is 53.9 Å². The van der Waals surface area contributed by atoms with Gasteiger partial charge in [-0.1, -0.05) is 30.3 Å². The van der Waals surface area contributed by atoms with Crippen LogP contribution in [0.2, 0.25) is 0 Å². The Hall–Kier alpha value is -2.63. The van der Waals surface area contributed by atoms with Crippen molar-refractivity contribution < 1.29 is 9.59 Å². The fourth-order valence-electron chi connectivity index (χ4n) is 2.93. The van der Waals surface area contributed by atoms with Crippen molar-refractivity contribution >= 4 is 11.8 Å². The van der Waals surface area contributed by atoms with Crippen molar-refractivity contribution in [3.8, 4) is 0 Å². The van der Waals surface area contributed by atoms with Crippen molar-refractivity contribution in [3.63, 3.8) is 0 Å². The number of aryl methyl sites for hydroxylation is 1. The third-order valence-corrected chi connectivity index (χ3v) is 4.27. The third-order valence-electron chi connectivity index (χ3n) is 4.27. The van der Waals surface area contributed by atoms with E-state index in [0.29, 0.717) is 25.1 Å². The van der Waals surface area contributed by atoms with Gasteiger partial charge in [0, 0.05) is 25.8 Å². The Kier molecular flexibility index (Phi) is 4.93. The first-order chi connectivity index (χ1) is 11.7. The number of nitrogens with zero attached hydrogens (tertiary/aromatic N) is 3. The van der Waals surface area contributed by atoms with Crippen LogP contribution in [-0.2, 0) is 17.9 Å². The second kappa shape index (κ2) is 7.29. The lowest BCUT2D eigenvalue weighted by Gasteiger charge is -2.32. The zero-order chi connectivity index (χ0) is 16.9. The Morgan fingerprint density at radius 1 is 1.33 bits per heavy atom. The monoisotopic (exact) mass is 326 g/mol. The van der Waals surface area contributed by atoms with Gasteiger partial charge in [-0.05, 0) is 25.3 Å². The fourth-order valence-corrected chi connectivity index (χ4v) is 2.93. The molecule has 0 spiro atoms. The molecule has 0 radical (unpaired) electrons. The molecular weight excluding hydrogens is 304 g/mol. The summed E-state index contributed by atoms with van der Waals surface area (Å²) in [7, 11) is 0. The first-order valence-corrected chi connectivity index (χ1v) is 8.33. The number of carbonyl (C=O) groups excluding carboxylic acids is 2. The van der Waals surface area contributed by atoms with Crippen LogP contribution >= 0.6 is 0 Å². The van der Waals surface area contributed by atoms with Gasteiger partial charge in [-0.2, -0.15) is 5.10 Å². The Labute approximate surface area is 141 Å². The van der Waals surface area contributed by atoms with E-state index in [2.05, 4.69) is 10.4 Å². The molecule has 1 atom stereocenters. The zero-order valence-electron chi connectivity index (χ0n) is 13.8. The summed E-state index contributed by atoms with van der Waals surface area (Å²) >= 11 is 0. The van der Waals surface area contributed by atoms with Crippen molar-refractivity contribution in [2.45, 2.75) is 38.9 Å². The number of likely N-dealkylation sites (tertiary alicyclic amines) is 1. The molecule has 2 aromatic rings. The molecule has 0 aliphatic carbocycles. The molecule has 2 heterocycles. The van der Waals surface area contributed by atoms with E-state index in [1.54, 1.807) is 10.9 Å². The van der Waals surface area contributed by atoms with Crippen molar-refractivity contribution in [1.29, 1.82) is 0 Å². The first-order valence-electron chi connectivity index (χ1n) is 8.33. The summed E-state index contributed by atoms with van der Waals surface area (Å²) in [4.78, 5) is 26.8. The molecule has 1 N–H and O–H groups in total. The summed E-state index contributed by atoms with van der Waals surface area (Å²) in [6, 6.07) is 9.45. The molecule has 1 fully saturated rings. The average Bonchev–Trinajstić information content (AvgIpc) is 3.09. The highest BCUT2D eigenvalue weighted by Crippen LogP contribution is 2.15. The molecule has 6 heteroatoms. The number of carbonyl (C=O) groups is 2.